The molecule has 1 aromatic carbocycles. The fourth-order valence-corrected chi connectivity index (χ4v) is 2.70. The number of hydrogen-bond donors (Lipinski definition) is 1. The van der Waals surface area contributed by atoms with Gasteiger partial charge in [0, 0.05) is 15.6 Å². The minimum atomic E-state index is 0.614. The van der Waals surface area contributed by atoms with Crippen molar-refractivity contribution in [3.05, 3.63) is 46.6 Å². The summed E-state index contributed by atoms with van der Waals surface area (Å²) in [6.45, 7) is 0. The second-order valence-electron chi connectivity index (χ2n) is 3.25. The maximum Gasteiger partial charge on any atom is 0.124 e. The summed E-state index contributed by atoms with van der Waals surface area (Å²) < 4.78 is 0.777. The molecule has 2 N–H and O–H groups in total. The molecule has 0 aliphatic rings. The topological polar surface area (TPSA) is 62.7 Å². The Morgan fingerprint density at radius 3 is 2.82 bits per heavy atom. The van der Waals surface area contributed by atoms with E-state index in [1.54, 1.807) is 18.3 Å². The maximum absolute atomic E-state index is 8.82. The van der Waals surface area contributed by atoms with Gasteiger partial charge in [0.25, 0.3) is 0 Å². The number of halogens is 1. The van der Waals surface area contributed by atoms with Gasteiger partial charge in [-0.25, -0.2) is 4.98 Å². The highest BCUT2D eigenvalue weighted by Crippen LogP contribution is 2.32. The number of hydrogen-bond acceptors (Lipinski definition) is 4. The van der Waals surface area contributed by atoms with E-state index in [1.165, 1.54) is 11.8 Å². The Bertz CT molecular complexity index is 593. The summed E-state index contributed by atoms with van der Waals surface area (Å²) in [6.07, 6.45) is 1.71. The Balaban J connectivity index is 2.29. The Labute approximate surface area is 112 Å². The summed E-state index contributed by atoms with van der Waals surface area (Å²) >= 11 is 4.82. The first-order chi connectivity index (χ1) is 8.20. The van der Waals surface area contributed by atoms with Gasteiger partial charge in [-0.05, 0) is 46.3 Å². The number of nitrogens with two attached hydrogens (primary N) is 1. The summed E-state index contributed by atoms with van der Waals surface area (Å²) in [6, 6.07) is 11.2. The van der Waals surface area contributed by atoms with E-state index >= 15 is 0 Å². The molecule has 0 spiro atoms. The molecule has 0 fully saturated rings. The standard InChI is InChI=1S/C12H8BrN3S/c13-10-6-9(4-3-8(10)7-14)17-12-11(15)2-1-5-16-12/h1-6H,15H2. The minimum absolute atomic E-state index is 0.614. The zero-order chi connectivity index (χ0) is 12.3. The number of nitrogen functional groups attached to an aromatic ring is 1. The molecule has 84 valence electrons. The molecule has 2 aromatic rings. The van der Waals surface area contributed by atoms with Crippen LogP contribution in [0.4, 0.5) is 5.69 Å². The number of aromatic nitrogens is 1. The number of pyridine rings is 1. The highest BCUT2D eigenvalue weighted by atomic mass is 79.9. The van der Waals surface area contributed by atoms with Gasteiger partial charge >= 0.3 is 0 Å². The van der Waals surface area contributed by atoms with Gasteiger partial charge in [0.15, 0.2) is 0 Å². The Morgan fingerprint density at radius 1 is 1.35 bits per heavy atom. The average molecular weight is 306 g/mol. The zero-order valence-corrected chi connectivity index (χ0v) is 11.1. The van der Waals surface area contributed by atoms with Crippen molar-refractivity contribution < 1.29 is 0 Å². The van der Waals surface area contributed by atoms with Gasteiger partial charge < -0.3 is 5.73 Å². The lowest BCUT2D eigenvalue weighted by Crippen LogP contribution is -1.90. The molecule has 3 nitrogen and oxygen atoms in total. The quantitative estimate of drug-likeness (QED) is 0.923. The van der Waals surface area contributed by atoms with Gasteiger partial charge in [-0.15, -0.1) is 0 Å². The predicted molar refractivity (Wildman–Crippen MR) is 71.6 cm³/mol. The molecule has 0 bridgehead atoms. The zero-order valence-electron chi connectivity index (χ0n) is 8.72. The van der Waals surface area contributed by atoms with Crippen molar-refractivity contribution in [2.24, 2.45) is 0 Å². The average Bonchev–Trinajstić information content (AvgIpc) is 2.32. The third-order valence-corrected chi connectivity index (χ3v) is 3.76. The van der Waals surface area contributed by atoms with E-state index in [1.807, 2.05) is 18.2 Å². The minimum Gasteiger partial charge on any atom is -0.397 e. The third kappa shape index (κ3) is 2.78. The molecule has 0 atom stereocenters. The molecular formula is C12H8BrN3S. The summed E-state index contributed by atoms with van der Waals surface area (Å²) in [5, 5.41) is 9.59. The summed E-state index contributed by atoms with van der Waals surface area (Å²) in [5.74, 6) is 0. The van der Waals surface area contributed by atoms with E-state index in [0.29, 0.717) is 11.3 Å². The Kier molecular flexibility index (Phi) is 3.67. The second-order valence-corrected chi connectivity index (χ2v) is 5.17. The van der Waals surface area contributed by atoms with Gasteiger partial charge in [-0.3, -0.25) is 0 Å². The second kappa shape index (κ2) is 5.21. The van der Waals surface area contributed by atoms with Crippen molar-refractivity contribution >= 4 is 33.4 Å². The fourth-order valence-electron chi connectivity index (χ4n) is 1.25. The maximum atomic E-state index is 8.82. The van der Waals surface area contributed by atoms with E-state index in [0.717, 1.165) is 14.4 Å². The van der Waals surface area contributed by atoms with Crippen LogP contribution in [0.25, 0.3) is 0 Å². The highest BCUT2D eigenvalue weighted by molar-refractivity contribution is 9.10. The summed E-state index contributed by atoms with van der Waals surface area (Å²) in [7, 11) is 0. The molecule has 0 aliphatic heterocycles. The largest absolute Gasteiger partial charge is 0.397 e. The third-order valence-electron chi connectivity index (χ3n) is 2.08. The van der Waals surface area contributed by atoms with Crippen LogP contribution >= 0.6 is 27.7 Å². The van der Waals surface area contributed by atoms with Crippen molar-refractivity contribution in [2.75, 3.05) is 5.73 Å². The van der Waals surface area contributed by atoms with Crippen LogP contribution in [0.15, 0.2) is 50.9 Å². The van der Waals surface area contributed by atoms with Crippen LogP contribution in [-0.2, 0) is 0 Å². The normalized spacial score (nSPS) is 9.88. The van der Waals surface area contributed by atoms with E-state index in [9.17, 15) is 0 Å². The molecule has 2 rings (SSSR count). The lowest BCUT2D eigenvalue weighted by molar-refractivity contribution is 1.14. The van der Waals surface area contributed by atoms with Crippen LogP contribution in [0.2, 0.25) is 0 Å². The number of nitrogens with zero attached hydrogens (tertiary/aromatic N) is 2. The lowest BCUT2D eigenvalue weighted by Gasteiger charge is -2.04. The van der Waals surface area contributed by atoms with Gasteiger partial charge in [-0.2, -0.15) is 5.26 Å². The first-order valence-corrected chi connectivity index (χ1v) is 6.39. The van der Waals surface area contributed by atoms with Crippen LogP contribution in [0.1, 0.15) is 5.56 Å². The van der Waals surface area contributed by atoms with Crippen molar-refractivity contribution in [1.29, 1.82) is 5.26 Å². The highest BCUT2D eigenvalue weighted by Gasteiger charge is 2.05. The van der Waals surface area contributed by atoms with Crippen LogP contribution in [-0.4, -0.2) is 4.98 Å². The summed E-state index contributed by atoms with van der Waals surface area (Å²) in [4.78, 5) is 5.19. The first kappa shape index (κ1) is 12.0. The van der Waals surface area contributed by atoms with Crippen molar-refractivity contribution in [3.63, 3.8) is 0 Å². The van der Waals surface area contributed by atoms with Crippen LogP contribution in [0, 0.1) is 11.3 Å². The Morgan fingerprint density at radius 2 is 2.18 bits per heavy atom. The van der Waals surface area contributed by atoms with Crippen molar-refractivity contribution in [2.45, 2.75) is 9.92 Å². The van der Waals surface area contributed by atoms with Gasteiger partial charge in [0.1, 0.15) is 11.1 Å². The molecule has 0 saturated heterocycles. The predicted octanol–water partition coefficient (Wildman–Crippen LogP) is 3.45. The van der Waals surface area contributed by atoms with Crippen LogP contribution in [0.3, 0.4) is 0 Å². The van der Waals surface area contributed by atoms with E-state index in [4.69, 9.17) is 11.0 Å². The summed E-state index contributed by atoms with van der Waals surface area (Å²) in [5.41, 5.74) is 7.08. The molecule has 0 saturated carbocycles. The van der Waals surface area contributed by atoms with Crippen LogP contribution < -0.4 is 5.73 Å². The molecule has 0 unspecified atom stereocenters. The molecular weight excluding hydrogens is 298 g/mol. The number of rotatable bonds is 2. The lowest BCUT2D eigenvalue weighted by atomic mass is 10.2. The van der Waals surface area contributed by atoms with Gasteiger partial charge in [0.2, 0.25) is 0 Å². The van der Waals surface area contributed by atoms with Gasteiger partial charge in [0.05, 0.1) is 11.3 Å². The fraction of sp³-hybridized carbons (Fsp3) is 0. The smallest absolute Gasteiger partial charge is 0.124 e. The molecule has 1 heterocycles. The van der Waals surface area contributed by atoms with Crippen molar-refractivity contribution in [3.8, 4) is 6.07 Å². The molecule has 0 radical (unpaired) electrons. The molecule has 17 heavy (non-hydrogen) atoms. The Hall–Kier alpha value is -1.51. The SMILES string of the molecule is N#Cc1ccc(Sc2ncccc2N)cc1Br. The van der Waals surface area contributed by atoms with E-state index in [2.05, 4.69) is 27.0 Å². The van der Waals surface area contributed by atoms with Crippen LogP contribution in [0.5, 0.6) is 0 Å². The van der Waals surface area contributed by atoms with E-state index in [-0.39, 0.29) is 0 Å². The van der Waals surface area contributed by atoms with E-state index < -0.39 is 0 Å². The monoisotopic (exact) mass is 305 g/mol. The van der Waals surface area contributed by atoms with Crippen molar-refractivity contribution in [1.82, 2.24) is 4.98 Å². The number of nitriles is 1. The number of benzene rings is 1. The van der Waals surface area contributed by atoms with Gasteiger partial charge in [-0.1, -0.05) is 11.8 Å². The number of anilines is 1. The first-order valence-electron chi connectivity index (χ1n) is 4.78. The molecule has 1 aromatic heterocycles. The molecule has 0 aliphatic carbocycles. The molecule has 5 heteroatoms. The molecule has 0 amide bonds.